The summed E-state index contributed by atoms with van der Waals surface area (Å²) < 4.78 is 5.76. The molecule has 0 aliphatic rings. The fourth-order valence-corrected chi connectivity index (χ4v) is 3.41. The van der Waals surface area contributed by atoms with E-state index >= 15 is 0 Å². The molecule has 1 atom stereocenters. The van der Waals surface area contributed by atoms with E-state index in [1.807, 2.05) is 73.7 Å². The highest BCUT2D eigenvalue weighted by molar-refractivity contribution is 8.00. The highest BCUT2D eigenvalue weighted by Crippen LogP contribution is 2.24. The largest absolute Gasteiger partial charge is 0.489 e. The number of ether oxygens (including phenoxy) is 1. The van der Waals surface area contributed by atoms with E-state index in [1.54, 1.807) is 18.3 Å². The van der Waals surface area contributed by atoms with Crippen molar-refractivity contribution in [2.45, 2.75) is 23.7 Å². The van der Waals surface area contributed by atoms with Gasteiger partial charge in [0.15, 0.2) is 0 Å². The molecule has 1 unspecified atom stereocenters. The maximum atomic E-state index is 12.2. The second kappa shape index (κ2) is 10.7. The van der Waals surface area contributed by atoms with Crippen LogP contribution in [0.3, 0.4) is 0 Å². The molecule has 0 fully saturated rings. The minimum absolute atomic E-state index is 0.163. The third-order valence-corrected chi connectivity index (χ3v) is 5.38. The van der Waals surface area contributed by atoms with Gasteiger partial charge in [-0.15, -0.1) is 11.8 Å². The summed E-state index contributed by atoms with van der Waals surface area (Å²) in [5.74, 6) is 0.618. The van der Waals surface area contributed by atoms with E-state index in [0.29, 0.717) is 11.6 Å². The molecule has 0 spiro atoms. The molecule has 1 amide bonds. The number of amides is 1. The van der Waals surface area contributed by atoms with Gasteiger partial charge in [-0.25, -0.2) is 5.43 Å². The second-order valence-corrected chi connectivity index (χ2v) is 8.14. The van der Waals surface area contributed by atoms with Gasteiger partial charge in [0, 0.05) is 9.92 Å². The zero-order valence-corrected chi connectivity index (χ0v) is 17.5. The van der Waals surface area contributed by atoms with Gasteiger partial charge in [-0.2, -0.15) is 5.10 Å². The molecule has 4 nitrogen and oxygen atoms in total. The van der Waals surface area contributed by atoms with Crippen molar-refractivity contribution in [2.75, 3.05) is 0 Å². The van der Waals surface area contributed by atoms with Crippen molar-refractivity contribution in [3.63, 3.8) is 0 Å². The Hall–Kier alpha value is -2.76. The number of hydrazone groups is 1. The normalized spacial score (nSPS) is 11.9. The van der Waals surface area contributed by atoms with E-state index in [9.17, 15) is 4.79 Å². The highest BCUT2D eigenvalue weighted by Gasteiger charge is 2.13. The Morgan fingerprint density at radius 1 is 1.07 bits per heavy atom. The van der Waals surface area contributed by atoms with Crippen molar-refractivity contribution in [3.8, 4) is 5.75 Å². The Labute approximate surface area is 179 Å². The van der Waals surface area contributed by atoms with Gasteiger partial charge >= 0.3 is 0 Å². The Morgan fingerprint density at radius 2 is 1.76 bits per heavy atom. The molecule has 0 bridgehead atoms. The summed E-state index contributed by atoms with van der Waals surface area (Å²) in [6, 6.07) is 24.9. The fourth-order valence-electron chi connectivity index (χ4n) is 2.42. The maximum Gasteiger partial charge on any atom is 0.253 e. The molecule has 6 heteroatoms. The molecule has 0 aliphatic carbocycles. The summed E-state index contributed by atoms with van der Waals surface area (Å²) in [5, 5.41) is 4.44. The number of nitrogens with zero attached hydrogens (tertiary/aromatic N) is 1. The lowest BCUT2D eigenvalue weighted by atomic mass is 10.2. The molecule has 3 aromatic carbocycles. The van der Waals surface area contributed by atoms with Gasteiger partial charge in [-0.1, -0.05) is 41.9 Å². The highest BCUT2D eigenvalue weighted by atomic mass is 35.5. The minimum atomic E-state index is -0.276. The molecule has 3 aromatic rings. The SMILES string of the molecule is CC(Sc1ccc(Cl)cc1)C(=O)N/N=C/c1ccc(OCc2ccccc2)cc1. The number of hydrogen-bond acceptors (Lipinski definition) is 4. The Balaban J connectivity index is 1.45. The Kier molecular flexibility index (Phi) is 7.73. The quantitative estimate of drug-likeness (QED) is 0.293. The van der Waals surface area contributed by atoms with Gasteiger partial charge in [-0.05, 0) is 66.6 Å². The molecule has 0 radical (unpaired) electrons. The van der Waals surface area contributed by atoms with Crippen LogP contribution < -0.4 is 10.2 Å². The van der Waals surface area contributed by atoms with Gasteiger partial charge in [0.2, 0.25) is 0 Å². The van der Waals surface area contributed by atoms with Crippen LogP contribution in [0.5, 0.6) is 5.75 Å². The number of hydrogen-bond donors (Lipinski definition) is 1. The fraction of sp³-hybridized carbons (Fsp3) is 0.130. The topological polar surface area (TPSA) is 50.7 Å². The number of carbonyl (C=O) groups is 1. The van der Waals surface area contributed by atoms with E-state index in [0.717, 1.165) is 21.8 Å². The minimum Gasteiger partial charge on any atom is -0.489 e. The summed E-state index contributed by atoms with van der Waals surface area (Å²) >= 11 is 7.33. The van der Waals surface area contributed by atoms with Crippen LogP contribution in [0.25, 0.3) is 0 Å². The first-order chi connectivity index (χ1) is 14.1. The van der Waals surface area contributed by atoms with E-state index in [2.05, 4.69) is 10.5 Å². The van der Waals surface area contributed by atoms with Crippen molar-refractivity contribution in [1.82, 2.24) is 5.43 Å². The molecule has 0 aliphatic heterocycles. The van der Waals surface area contributed by atoms with Crippen molar-refractivity contribution >= 4 is 35.5 Å². The average molecular weight is 425 g/mol. The van der Waals surface area contributed by atoms with E-state index < -0.39 is 0 Å². The molecule has 3 rings (SSSR count). The van der Waals surface area contributed by atoms with Gasteiger partial charge in [0.05, 0.1) is 11.5 Å². The molecule has 0 aromatic heterocycles. The van der Waals surface area contributed by atoms with Crippen LogP contribution in [-0.4, -0.2) is 17.4 Å². The predicted molar refractivity (Wildman–Crippen MR) is 120 cm³/mol. The first kappa shape index (κ1) is 21.0. The van der Waals surface area contributed by atoms with Crippen LogP contribution in [0, 0.1) is 0 Å². The van der Waals surface area contributed by atoms with E-state index in [4.69, 9.17) is 16.3 Å². The summed E-state index contributed by atoms with van der Waals surface area (Å²) in [7, 11) is 0. The Bertz CT molecular complexity index is 945. The van der Waals surface area contributed by atoms with Crippen LogP contribution >= 0.6 is 23.4 Å². The summed E-state index contributed by atoms with van der Waals surface area (Å²) in [6.07, 6.45) is 1.61. The molecule has 0 heterocycles. The zero-order chi connectivity index (χ0) is 20.5. The average Bonchev–Trinajstić information content (AvgIpc) is 2.75. The molecule has 29 heavy (non-hydrogen) atoms. The first-order valence-corrected chi connectivity index (χ1v) is 10.4. The molecule has 148 valence electrons. The number of carbonyl (C=O) groups excluding carboxylic acids is 1. The zero-order valence-electron chi connectivity index (χ0n) is 15.9. The number of halogens is 1. The summed E-state index contributed by atoms with van der Waals surface area (Å²) in [4.78, 5) is 13.2. The summed E-state index contributed by atoms with van der Waals surface area (Å²) in [5.41, 5.74) is 4.56. The van der Waals surface area contributed by atoms with Crippen molar-refractivity contribution < 1.29 is 9.53 Å². The molecular formula is C23H21ClN2O2S. The number of benzene rings is 3. The lowest BCUT2D eigenvalue weighted by molar-refractivity contribution is -0.120. The van der Waals surface area contributed by atoms with Gasteiger partial charge < -0.3 is 4.74 Å². The lowest BCUT2D eigenvalue weighted by Gasteiger charge is -2.09. The van der Waals surface area contributed by atoms with E-state index in [1.165, 1.54) is 11.8 Å². The van der Waals surface area contributed by atoms with E-state index in [-0.39, 0.29) is 11.2 Å². The predicted octanol–water partition coefficient (Wildman–Crippen LogP) is 5.55. The third kappa shape index (κ3) is 6.97. The van der Waals surface area contributed by atoms with Gasteiger partial charge in [-0.3, -0.25) is 4.79 Å². The summed E-state index contributed by atoms with van der Waals surface area (Å²) in [6.45, 7) is 2.36. The first-order valence-electron chi connectivity index (χ1n) is 9.12. The van der Waals surface area contributed by atoms with Crippen LogP contribution in [0.4, 0.5) is 0 Å². The molecule has 0 saturated carbocycles. The van der Waals surface area contributed by atoms with Crippen molar-refractivity contribution in [3.05, 3.63) is 95.0 Å². The number of thioether (sulfide) groups is 1. The van der Waals surface area contributed by atoms with Crippen LogP contribution in [0.1, 0.15) is 18.1 Å². The second-order valence-electron chi connectivity index (χ2n) is 6.29. The standard InChI is InChI=1S/C23H21ClN2O2S/c1-17(29-22-13-9-20(24)10-14-22)23(27)26-25-15-18-7-11-21(12-8-18)28-16-19-5-3-2-4-6-19/h2-15,17H,16H2,1H3,(H,26,27)/b25-15+. The number of nitrogens with one attached hydrogen (secondary N) is 1. The van der Waals surface area contributed by atoms with Crippen LogP contribution in [-0.2, 0) is 11.4 Å². The maximum absolute atomic E-state index is 12.2. The van der Waals surface area contributed by atoms with Crippen LogP contribution in [0.15, 0.2) is 88.9 Å². The smallest absolute Gasteiger partial charge is 0.253 e. The van der Waals surface area contributed by atoms with Gasteiger partial charge in [0.25, 0.3) is 5.91 Å². The van der Waals surface area contributed by atoms with Crippen LogP contribution in [0.2, 0.25) is 5.02 Å². The molecule has 1 N–H and O–H groups in total. The third-order valence-electron chi connectivity index (χ3n) is 4.01. The van der Waals surface area contributed by atoms with Gasteiger partial charge in [0.1, 0.15) is 12.4 Å². The molecular weight excluding hydrogens is 404 g/mol. The van der Waals surface area contributed by atoms with Crippen molar-refractivity contribution in [1.29, 1.82) is 0 Å². The lowest BCUT2D eigenvalue weighted by Crippen LogP contribution is -2.26. The number of rotatable bonds is 8. The molecule has 0 saturated heterocycles. The monoisotopic (exact) mass is 424 g/mol. The Morgan fingerprint density at radius 3 is 2.45 bits per heavy atom. The van der Waals surface area contributed by atoms with Crippen molar-refractivity contribution in [2.24, 2.45) is 5.10 Å².